The molecule has 0 saturated carbocycles. The van der Waals surface area contributed by atoms with E-state index in [-0.39, 0.29) is 5.97 Å². The van der Waals surface area contributed by atoms with Gasteiger partial charge < -0.3 is 15.4 Å². The summed E-state index contributed by atoms with van der Waals surface area (Å²) < 4.78 is 5.92. The van der Waals surface area contributed by atoms with Crippen LogP contribution in [0.3, 0.4) is 0 Å². The summed E-state index contributed by atoms with van der Waals surface area (Å²) in [4.78, 5) is 12.6. The molecule has 0 aromatic heterocycles. The Labute approximate surface area is 113 Å². The van der Waals surface area contributed by atoms with Crippen molar-refractivity contribution in [3.05, 3.63) is 0 Å². The highest BCUT2D eigenvalue weighted by atomic mass is 16.6. The highest BCUT2D eigenvalue weighted by molar-refractivity contribution is 5.82. The Kier molecular flexibility index (Phi) is 2.64. The van der Waals surface area contributed by atoms with Crippen LogP contribution in [0.5, 0.6) is 0 Å². The normalized spacial score (nSPS) is 48.2. The number of ether oxygens (including phenoxy) is 1. The molecule has 6 nitrogen and oxygen atoms in total. The molecule has 4 fully saturated rings. The third-order valence-electron chi connectivity index (χ3n) is 5.06. The third kappa shape index (κ3) is 1.89. The van der Waals surface area contributed by atoms with Crippen molar-refractivity contribution in [3.63, 3.8) is 0 Å². The Bertz CT molecular complexity index is 396. The predicted molar refractivity (Wildman–Crippen MR) is 69.6 cm³/mol. The summed E-state index contributed by atoms with van der Waals surface area (Å²) in [5.74, 6) is -0.0842. The molecule has 0 amide bonds. The van der Waals surface area contributed by atoms with Crippen molar-refractivity contribution < 1.29 is 9.53 Å². The van der Waals surface area contributed by atoms with Crippen LogP contribution < -0.4 is 21.3 Å². The zero-order valence-electron chi connectivity index (χ0n) is 11.1. The summed E-state index contributed by atoms with van der Waals surface area (Å²) in [6.45, 7) is 3.35. The lowest BCUT2D eigenvalue weighted by Gasteiger charge is -2.39. The molecule has 4 unspecified atom stereocenters. The smallest absolute Gasteiger partial charge is 0.329 e. The minimum absolute atomic E-state index is 0.0842. The molecule has 0 aliphatic carbocycles. The maximum Gasteiger partial charge on any atom is 0.329 e. The number of fused-ring (bicyclic) bond motifs is 4. The van der Waals surface area contributed by atoms with Gasteiger partial charge in [-0.15, -0.1) is 0 Å². The maximum absolute atomic E-state index is 12.6. The topological polar surface area (TPSA) is 74.4 Å². The van der Waals surface area contributed by atoms with Gasteiger partial charge in [0.25, 0.3) is 0 Å². The van der Waals surface area contributed by atoms with Gasteiger partial charge in [0.15, 0.2) is 5.72 Å². The molecule has 106 valence electrons. The molecule has 0 aromatic carbocycles. The molecule has 4 bridgehead atoms. The lowest BCUT2D eigenvalue weighted by molar-refractivity contribution is -0.171. The van der Waals surface area contributed by atoms with Gasteiger partial charge in [0.05, 0.1) is 0 Å². The summed E-state index contributed by atoms with van der Waals surface area (Å²) in [6, 6.07) is 0.875. The maximum atomic E-state index is 12.6. The largest absolute Gasteiger partial charge is 0.441 e. The van der Waals surface area contributed by atoms with Crippen LogP contribution in [0.1, 0.15) is 25.7 Å². The molecule has 6 heteroatoms. The van der Waals surface area contributed by atoms with E-state index in [1.54, 1.807) is 0 Å². The summed E-state index contributed by atoms with van der Waals surface area (Å²) in [7, 11) is 0. The van der Waals surface area contributed by atoms with Gasteiger partial charge in [-0.3, -0.25) is 10.6 Å². The van der Waals surface area contributed by atoms with Gasteiger partial charge >= 0.3 is 5.97 Å². The minimum Gasteiger partial charge on any atom is -0.441 e. The molecule has 4 rings (SSSR count). The second-order valence-corrected chi connectivity index (χ2v) is 6.49. The minimum atomic E-state index is -0.491. The van der Waals surface area contributed by atoms with Gasteiger partial charge in [0.2, 0.25) is 0 Å². The number of rotatable bonds is 2. The second kappa shape index (κ2) is 4.15. The van der Waals surface area contributed by atoms with E-state index in [1.807, 2.05) is 0 Å². The van der Waals surface area contributed by atoms with Crippen LogP contribution in [-0.2, 0) is 9.53 Å². The molecule has 4 atom stereocenters. The van der Waals surface area contributed by atoms with E-state index in [0.717, 1.165) is 45.3 Å². The standard InChI is InChI=1S/C13H22N4O2/c18-11(12-3-1-9(16-12)5-14-7-12)19-13-4-2-10(17-13)6-15-8-13/h9-10,14-17H,1-8H2. The lowest BCUT2D eigenvalue weighted by atomic mass is 9.97. The number of piperazine rings is 2. The first-order valence-corrected chi connectivity index (χ1v) is 7.40. The van der Waals surface area contributed by atoms with Crippen molar-refractivity contribution in [1.29, 1.82) is 0 Å². The zero-order chi connectivity index (χ0) is 12.9. The number of hydrogen-bond acceptors (Lipinski definition) is 6. The lowest BCUT2D eigenvalue weighted by Crippen LogP contribution is -2.66. The zero-order valence-corrected chi connectivity index (χ0v) is 11.1. The Balaban J connectivity index is 1.49. The van der Waals surface area contributed by atoms with Crippen molar-refractivity contribution >= 4 is 5.97 Å². The van der Waals surface area contributed by atoms with Crippen molar-refractivity contribution in [2.75, 3.05) is 26.2 Å². The van der Waals surface area contributed by atoms with Crippen LogP contribution in [0, 0.1) is 0 Å². The van der Waals surface area contributed by atoms with Gasteiger partial charge in [-0.05, 0) is 19.3 Å². The van der Waals surface area contributed by atoms with Gasteiger partial charge in [-0.1, -0.05) is 0 Å². The van der Waals surface area contributed by atoms with E-state index in [9.17, 15) is 4.79 Å². The first-order valence-electron chi connectivity index (χ1n) is 7.40. The molecule has 4 aliphatic heterocycles. The first kappa shape index (κ1) is 12.1. The van der Waals surface area contributed by atoms with E-state index >= 15 is 0 Å². The van der Waals surface area contributed by atoms with Crippen molar-refractivity contribution in [2.24, 2.45) is 0 Å². The van der Waals surface area contributed by atoms with Crippen LogP contribution >= 0.6 is 0 Å². The Hall–Kier alpha value is -0.690. The Morgan fingerprint density at radius 1 is 1.00 bits per heavy atom. The highest BCUT2D eigenvalue weighted by Gasteiger charge is 2.52. The predicted octanol–water partition coefficient (Wildman–Crippen LogP) is -1.32. The van der Waals surface area contributed by atoms with E-state index in [2.05, 4.69) is 21.3 Å². The van der Waals surface area contributed by atoms with Gasteiger partial charge in [0.1, 0.15) is 5.54 Å². The number of esters is 1. The molecule has 4 heterocycles. The molecule has 19 heavy (non-hydrogen) atoms. The van der Waals surface area contributed by atoms with Crippen LogP contribution in [-0.4, -0.2) is 55.5 Å². The van der Waals surface area contributed by atoms with E-state index < -0.39 is 11.3 Å². The quantitative estimate of drug-likeness (QED) is 0.464. The molecule has 4 saturated heterocycles. The first-order chi connectivity index (χ1) is 9.20. The van der Waals surface area contributed by atoms with Crippen molar-refractivity contribution in [2.45, 2.75) is 49.0 Å². The molecule has 0 aromatic rings. The number of hydrogen-bond donors (Lipinski definition) is 4. The second-order valence-electron chi connectivity index (χ2n) is 6.49. The highest BCUT2D eigenvalue weighted by Crippen LogP contribution is 2.32. The average Bonchev–Trinajstić information content (AvgIpc) is 2.88. The third-order valence-corrected chi connectivity index (χ3v) is 5.06. The van der Waals surface area contributed by atoms with E-state index in [0.29, 0.717) is 18.6 Å². The fraction of sp³-hybridized carbons (Fsp3) is 0.923. The van der Waals surface area contributed by atoms with Crippen molar-refractivity contribution in [3.8, 4) is 0 Å². The number of nitrogens with one attached hydrogen (secondary N) is 4. The van der Waals surface area contributed by atoms with Crippen LogP contribution in [0.15, 0.2) is 0 Å². The molecule has 0 spiro atoms. The summed E-state index contributed by atoms with van der Waals surface area (Å²) >= 11 is 0. The van der Waals surface area contributed by atoms with Crippen LogP contribution in [0.25, 0.3) is 0 Å². The Morgan fingerprint density at radius 2 is 1.74 bits per heavy atom. The van der Waals surface area contributed by atoms with Crippen molar-refractivity contribution in [1.82, 2.24) is 21.3 Å². The summed E-state index contributed by atoms with van der Waals surface area (Å²) in [5, 5.41) is 13.6. The van der Waals surface area contributed by atoms with Crippen LogP contribution in [0.2, 0.25) is 0 Å². The van der Waals surface area contributed by atoms with Gasteiger partial charge in [-0.25, -0.2) is 4.79 Å². The average molecular weight is 266 g/mol. The molecular weight excluding hydrogens is 244 g/mol. The van der Waals surface area contributed by atoms with Crippen LogP contribution in [0.4, 0.5) is 0 Å². The van der Waals surface area contributed by atoms with Gasteiger partial charge in [-0.2, -0.15) is 0 Å². The Morgan fingerprint density at radius 3 is 2.63 bits per heavy atom. The fourth-order valence-electron chi connectivity index (χ4n) is 4.00. The fourth-order valence-corrected chi connectivity index (χ4v) is 4.00. The molecule has 4 N–H and O–H groups in total. The molecular formula is C13H22N4O2. The number of carbonyl (C=O) groups excluding carboxylic acids is 1. The summed E-state index contributed by atoms with van der Waals surface area (Å²) in [6.07, 6.45) is 3.95. The monoisotopic (exact) mass is 266 g/mol. The number of carbonyl (C=O) groups is 1. The van der Waals surface area contributed by atoms with E-state index in [1.165, 1.54) is 0 Å². The van der Waals surface area contributed by atoms with E-state index in [4.69, 9.17) is 4.74 Å². The molecule has 4 aliphatic rings. The summed E-state index contributed by atoms with van der Waals surface area (Å²) in [5.41, 5.74) is -0.957. The SMILES string of the molecule is O=C(OC12CCC(CNC1)N2)C12CCC(CNC1)N2. The van der Waals surface area contributed by atoms with Gasteiger partial charge in [0, 0.05) is 44.7 Å². The molecule has 0 radical (unpaired) electrons.